The molecule has 1 aliphatic heterocycles. The summed E-state index contributed by atoms with van der Waals surface area (Å²) < 4.78 is 0. The number of aryl methyl sites for hydroxylation is 1. The zero-order chi connectivity index (χ0) is 10.8. The first-order valence-corrected chi connectivity index (χ1v) is 5.55. The minimum absolute atomic E-state index is 0.355. The summed E-state index contributed by atoms with van der Waals surface area (Å²) in [5, 5.41) is 0. The summed E-state index contributed by atoms with van der Waals surface area (Å²) in [5.41, 5.74) is 3.73. The van der Waals surface area contributed by atoms with Gasteiger partial charge in [-0.1, -0.05) is 19.1 Å². The lowest BCUT2D eigenvalue weighted by molar-refractivity contribution is -0.118. The van der Waals surface area contributed by atoms with Crippen molar-refractivity contribution in [1.82, 2.24) is 0 Å². The molecule has 0 unspecified atom stereocenters. The molecular formula is C13H17NO. The minimum atomic E-state index is 0.355. The number of benzene rings is 1. The molecule has 1 aromatic rings. The standard InChI is InChI=1S/C13H17NO/c1-3-10-4-5-13-11(8-10)9-12(15)6-7-14(13)2/h4-5,8H,3,6-7,9H2,1-2H3. The molecule has 0 radical (unpaired) electrons. The first-order valence-electron chi connectivity index (χ1n) is 5.55. The van der Waals surface area contributed by atoms with Crippen LogP contribution in [0.5, 0.6) is 0 Å². The average Bonchev–Trinajstić information content (AvgIpc) is 2.38. The highest BCUT2D eigenvalue weighted by Gasteiger charge is 2.16. The Morgan fingerprint density at radius 3 is 2.93 bits per heavy atom. The highest BCUT2D eigenvalue weighted by Crippen LogP contribution is 2.25. The number of hydrogen-bond donors (Lipinski definition) is 0. The van der Waals surface area contributed by atoms with E-state index in [2.05, 4.69) is 37.1 Å². The van der Waals surface area contributed by atoms with Crippen LogP contribution in [0.2, 0.25) is 0 Å². The van der Waals surface area contributed by atoms with E-state index in [0.717, 1.165) is 13.0 Å². The first kappa shape index (κ1) is 10.2. The van der Waals surface area contributed by atoms with Gasteiger partial charge in [0.1, 0.15) is 5.78 Å². The average molecular weight is 203 g/mol. The van der Waals surface area contributed by atoms with E-state index >= 15 is 0 Å². The molecule has 0 amide bonds. The van der Waals surface area contributed by atoms with Gasteiger partial charge in [0.2, 0.25) is 0 Å². The van der Waals surface area contributed by atoms with Crippen molar-refractivity contribution in [3.05, 3.63) is 29.3 Å². The van der Waals surface area contributed by atoms with Gasteiger partial charge < -0.3 is 4.90 Å². The van der Waals surface area contributed by atoms with Crippen LogP contribution >= 0.6 is 0 Å². The van der Waals surface area contributed by atoms with E-state index in [0.29, 0.717) is 18.6 Å². The smallest absolute Gasteiger partial charge is 0.139 e. The number of ketones is 1. The van der Waals surface area contributed by atoms with Crippen molar-refractivity contribution >= 4 is 11.5 Å². The lowest BCUT2D eigenvalue weighted by atomic mass is 10.0. The molecule has 15 heavy (non-hydrogen) atoms. The molecule has 1 aliphatic rings. The number of anilines is 1. The van der Waals surface area contributed by atoms with Crippen molar-refractivity contribution in [2.24, 2.45) is 0 Å². The van der Waals surface area contributed by atoms with Gasteiger partial charge in [0.05, 0.1) is 0 Å². The van der Waals surface area contributed by atoms with Crippen LogP contribution in [-0.2, 0) is 17.6 Å². The van der Waals surface area contributed by atoms with Crippen molar-refractivity contribution in [3.8, 4) is 0 Å². The molecule has 0 bridgehead atoms. The van der Waals surface area contributed by atoms with Crippen molar-refractivity contribution in [3.63, 3.8) is 0 Å². The van der Waals surface area contributed by atoms with E-state index in [1.807, 2.05) is 0 Å². The van der Waals surface area contributed by atoms with Gasteiger partial charge in [-0.05, 0) is 23.6 Å². The van der Waals surface area contributed by atoms with Gasteiger partial charge in [-0.15, -0.1) is 0 Å². The Hall–Kier alpha value is -1.31. The molecule has 0 spiro atoms. The number of carbonyl (C=O) groups excluding carboxylic acids is 1. The van der Waals surface area contributed by atoms with Gasteiger partial charge in [-0.25, -0.2) is 0 Å². The van der Waals surface area contributed by atoms with E-state index in [9.17, 15) is 4.79 Å². The fraction of sp³-hybridized carbons (Fsp3) is 0.462. The summed E-state index contributed by atoms with van der Waals surface area (Å²) in [6.07, 6.45) is 2.31. The monoisotopic (exact) mass is 203 g/mol. The SMILES string of the molecule is CCc1ccc2c(c1)CC(=O)CCN2C. The van der Waals surface area contributed by atoms with E-state index in [1.165, 1.54) is 16.8 Å². The molecule has 0 fully saturated rings. The molecule has 1 aromatic carbocycles. The molecule has 0 atom stereocenters. The minimum Gasteiger partial charge on any atom is -0.374 e. The van der Waals surface area contributed by atoms with E-state index in [4.69, 9.17) is 0 Å². The molecule has 0 aromatic heterocycles. The highest BCUT2D eigenvalue weighted by molar-refractivity contribution is 5.84. The molecule has 2 rings (SSSR count). The van der Waals surface area contributed by atoms with Crippen molar-refractivity contribution in [2.45, 2.75) is 26.2 Å². The van der Waals surface area contributed by atoms with Gasteiger partial charge in [-0.2, -0.15) is 0 Å². The van der Waals surface area contributed by atoms with Crippen molar-refractivity contribution in [2.75, 3.05) is 18.5 Å². The first-order chi connectivity index (χ1) is 7.20. The van der Waals surface area contributed by atoms with Crippen LogP contribution in [0.4, 0.5) is 5.69 Å². The van der Waals surface area contributed by atoms with Gasteiger partial charge >= 0.3 is 0 Å². The normalized spacial score (nSPS) is 16.1. The topological polar surface area (TPSA) is 20.3 Å². The Kier molecular flexibility index (Phi) is 2.76. The second-order valence-corrected chi connectivity index (χ2v) is 4.20. The van der Waals surface area contributed by atoms with Gasteiger partial charge in [0.15, 0.2) is 0 Å². The number of rotatable bonds is 1. The molecular weight excluding hydrogens is 186 g/mol. The maximum atomic E-state index is 11.6. The molecule has 0 aliphatic carbocycles. The summed E-state index contributed by atoms with van der Waals surface area (Å²) in [6, 6.07) is 6.48. The zero-order valence-corrected chi connectivity index (χ0v) is 9.42. The second-order valence-electron chi connectivity index (χ2n) is 4.20. The number of fused-ring (bicyclic) bond motifs is 1. The zero-order valence-electron chi connectivity index (χ0n) is 9.42. The van der Waals surface area contributed by atoms with Crippen LogP contribution in [-0.4, -0.2) is 19.4 Å². The van der Waals surface area contributed by atoms with Crippen LogP contribution < -0.4 is 4.90 Å². The molecule has 80 valence electrons. The third kappa shape index (κ3) is 2.04. The predicted molar refractivity (Wildman–Crippen MR) is 62.4 cm³/mol. The Balaban J connectivity index is 2.43. The van der Waals surface area contributed by atoms with Crippen LogP contribution in [0.1, 0.15) is 24.5 Å². The summed E-state index contributed by atoms with van der Waals surface area (Å²) in [7, 11) is 2.06. The molecule has 0 saturated heterocycles. The Morgan fingerprint density at radius 1 is 1.40 bits per heavy atom. The predicted octanol–water partition coefficient (Wildman–Crippen LogP) is 2.20. The van der Waals surface area contributed by atoms with Crippen molar-refractivity contribution < 1.29 is 4.79 Å². The van der Waals surface area contributed by atoms with Crippen LogP contribution in [0, 0.1) is 0 Å². The lowest BCUT2D eigenvalue weighted by Crippen LogP contribution is -2.18. The Morgan fingerprint density at radius 2 is 2.20 bits per heavy atom. The molecule has 0 saturated carbocycles. The van der Waals surface area contributed by atoms with Crippen LogP contribution in [0.15, 0.2) is 18.2 Å². The molecule has 2 heteroatoms. The van der Waals surface area contributed by atoms with Crippen LogP contribution in [0.25, 0.3) is 0 Å². The van der Waals surface area contributed by atoms with Gasteiger partial charge in [-0.3, -0.25) is 4.79 Å². The summed E-state index contributed by atoms with van der Waals surface area (Å²) in [4.78, 5) is 13.7. The summed E-state index contributed by atoms with van der Waals surface area (Å²) in [5.74, 6) is 0.355. The largest absolute Gasteiger partial charge is 0.374 e. The third-order valence-corrected chi connectivity index (χ3v) is 3.08. The van der Waals surface area contributed by atoms with Crippen LogP contribution in [0.3, 0.4) is 0 Å². The highest BCUT2D eigenvalue weighted by atomic mass is 16.1. The molecule has 0 N–H and O–H groups in total. The summed E-state index contributed by atoms with van der Waals surface area (Å²) >= 11 is 0. The quantitative estimate of drug-likeness (QED) is 0.697. The fourth-order valence-electron chi connectivity index (χ4n) is 2.09. The number of Topliss-reactive ketones (excluding diaryl/α,β-unsaturated/α-hetero) is 1. The van der Waals surface area contributed by atoms with E-state index in [1.54, 1.807) is 0 Å². The van der Waals surface area contributed by atoms with E-state index in [-0.39, 0.29) is 0 Å². The van der Waals surface area contributed by atoms with Gasteiger partial charge in [0, 0.05) is 32.1 Å². The Labute approximate surface area is 90.9 Å². The number of carbonyl (C=O) groups is 1. The Bertz CT molecular complexity index is 384. The third-order valence-electron chi connectivity index (χ3n) is 3.08. The molecule has 1 heterocycles. The van der Waals surface area contributed by atoms with Crippen molar-refractivity contribution in [1.29, 1.82) is 0 Å². The van der Waals surface area contributed by atoms with E-state index < -0.39 is 0 Å². The summed E-state index contributed by atoms with van der Waals surface area (Å²) in [6.45, 7) is 2.99. The molecule has 2 nitrogen and oxygen atoms in total. The number of hydrogen-bond acceptors (Lipinski definition) is 2. The second kappa shape index (κ2) is 4.05. The maximum Gasteiger partial charge on any atom is 0.139 e. The van der Waals surface area contributed by atoms with Gasteiger partial charge in [0.25, 0.3) is 0 Å². The lowest BCUT2D eigenvalue weighted by Gasteiger charge is -2.19. The fourth-order valence-corrected chi connectivity index (χ4v) is 2.09. The maximum absolute atomic E-state index is 11.6. The number of nitrogens with zero attached hydrogens (tertiary/aromatic N) is 1.